The van der Waals surface area contributed by atoms with Crippen LogP contribution >= 0.6 is 0 Å². The minimum Gasteiger partial charge on any atom is -0.416 e. The summed E-state index contributed by atoms with van der Waals surface area (Å²) in [5.74, 6) is -0.798. The molecule has 0 saturated heterocycles. The summed E-state index contributed by atoms with van der Waals surface area (Å²) < 4.78 is 4.33. The fraction of sp³-hybridized carbons (Fsp3) is 0.167. The van der Waals surface area contributed by atoms with Crippen LogP contribution in [0.1, 0.15) is 6.92 Å². The topological polar surface area (TPSA) is 72.2 Å². The SMILES string of the molecule is CC(=O)Nc1ccoc(=O)n1. The van der Waals surface area contributed by atoms with E-state index in [9.17, 15) is 9.59 Å². The van der Waals surface area contributed by atoms with Crippen LogP contribution in [0.4, 0.5) is 5.82 Å². The van der Waals surface area contributed by atoms with Crippen LogP contribution in [-0.4, -0.2) is 10.9 Å². The third-order valence-corrected chi connectivity index (χ3v) is 0.911. The van der Waals surface area contributed by atoms with Gasteiger partial charge in [0.15, 0.2) is 0 Å². The van der Waals surface area contributed by atoms with Gasteiger partial charge in [0.05, 0.1) is 0 Å². The second-order valence-electron chi connectivity index (χ2n) is 1.86. The largest absolute Gasteiger partial charge is 0.440 e. The van der Waals surface area contributed by atoms with Gasteiger partial charge in [-0.3, -0.25) is 4.79 Å². The Balaban J connectivity index is 2.88. The van der Waals surface area contributed by atoms with Crippen LogP contribution in [0.3, 0.4) is 0 Å². The average molecular weight is 154 g/mol. The van der Waals surface area contributed by atoms with Crippen molar-refractivity contribution in [3.05, 3.63) is 22.9 Å². The van der Waals surface area contributed by atoms with Crippen molar-refractivity contribution in [1.29, 1.82) is 0 Å². The fourth-order valence-electron chi connectivity index (χ4n) is 0.569. The van der Waals surface area contributed by atoms with Gasteiger partial charge in [-0.05, 0) is 0 Å². The molecule has 1 heterocycles. The number of rotatable bonds is 1. The molecule has 0 aliphatic rings. The predicted octanol–water partition coefficient (Wildman–Crippen LogP) is -0.00680. The van der Waals surface area contributed by atoms with Crippen LogP contribution in [0.15, 0.2) is 21.5 Å². The predicted molar refractivity (Wildman–Crippen MR) is 37.1 cm³/mol. The van der Waals surface area contributed by atoms with E-state index in [1.807, 2.05) is 0 Å². The number of carbonyl (C=O) groups is 1. The molecule has 58 valence electrons. The first-order valence-electron chi connectivity index (χ1n) is 2.92. The Kier molecular flexibility index (Phi) is 2.00. The number of hydrogen-bond acceptors (Lipinski definition) is 4. The molecule has 1 aromatic rings. The number of nitrogens with one attached hydrogen (secondary N) is 1. The minimum atomic E-state index is -0.726. The van der Waals surface area contributed by atoms with Gasteiger partial charge in [0.25, 0.3) is 0 Å². The molecule has 0 radical (unpaired) electrons. The highest BCUT2D eigenvalue weighted by Crippen LogP contribution is 1.95. The summed E-state index contributed by atoms with van der Waals surface area (Å²) in [6.45, 7) is 1.33. The summed E-state index contributed by atoms with van der Waals surface area (Å²) in [5.41, 5.74) is 0. The van der Waals surface area contributed by atoms with Gasteiger partial charge in [-0.1, -0.05) is 0 Å². The van der Waals surface area contributed by atoms with Crippen molar-refractivity contribution in [2.24, 2.45) is 0 Å². The van der Waals surface area contributed by atoms with Crippen molar-refractivity contribution in [3.8, 4) is 0 Å². The summed E-state index contributed by atoms with van der Waals surface area (Å²) in [7, 11) is 0. The maximum atomic E-state index is 10.4. The quantitative estimate of drug-likeness (QED) is 0.617. The van der Waals surface area contributed by atoms with E-state index in [1.165, 1.54) is 19.3 Å². The summed E-state index contributed by atoms with van der Waals surface area (Å²) in [6.07, 6.45) is 1.17. The maximum Gasteiger partial charge on any atom is 0.440 e. The molecular formula is C6H6N2O3. The molecule has 5 nitrogen and oxygen atoms in total. The van der Waals surface area contributed by atoms with E-state index in [2.05, 4.69) is 14.7 Å². The standard InChI is InChI=1S/C6H6N2O3/c1-4(9)7-5-2-3-11-6(10)8-5/h2-3H,1H3,(H,7,8,9,10). The van der Waals surface area contributed by atoms with Crippen molar-refractivity contribution < 1.29 is 9.21 Å². The summed E-state index contributed by atoms with van der Waals surface area (Å²) in [6, 6.07) is 1.39. The second kappa shape index (κ2) is 2.96. The second-order valence-corrected chi connectivity index (χ2v) is 1.86. The Bertz CT molecular complexity index is 318. The van der Waals surface area contributed by atoms with Gasteiger partial charge in [0, 0.05) is 13.0 Å². The molecule has 1 aromatic heterocycles. The molecule has 0 aliphatic heterocycles. The Morgan fingerprint density at radius 2 is 2.45 bits per heavy atom. The van der Waals surface area contributed by atoms with Gasteiger partial charge in [0.2, 0.25) is 5.91 Å². The number of carbonyl (C=O) groups excluding carboxylic acids is 1. The summed E-state index contributed by atoms with van der Waals surface area (Å²) in [5, 5.41) is 2.34. The molecule has 0 aliphatic carbocycles. The Morgan fingerprint density at radius 1 is 1.73 bits per heavy atom. The molecule has 5 heteroatoms. The van der Waals surface area contributed by atoms with Crippen LogP contribution in [-0.2, 0) is 4.79 Å². The molecule has 0 aromatic carbocycles. The zero-order valence-electron chi connectivity index (χ0n) is 5.83. The van der Waals surface area contributed by atoms with E-state index in [0.29, 0.717) is 0 Å². The molecule has 0 saturated carbocycles. The number of amides is 1. The molecule has 11 heavy (non-hydrogen) atoms. The van der Waals surface area contributed by atoms with Gasteiger partial charge in [0.1, 0.15) is 12.1 Å². The zero-order valence-corrected chi connectivity index (χ0v) is 5.83. The van der Waals surface area contributed by atoms with E-state index in [0.717, 1.165) is 0 Å². The number of anilines is 1. The van der Waals surface area contributed by atoms with Crippen LogP contribution in [0.2, 0.25) is 0 Å². The molecular weight excluding hydrogens is 148 g/mol. The monoisotopic (exact) mass is 154 g/mol. The summed E-state index contributed by atoms with van der Waals surface area (Å²) >= 11 is 0. The molecule has 1 amide bonds. The van der Waals surface area contributed by atoms with E-state index in [4.69, 9.17) is 0 Å². The number of aromatic nitrogens is 1. The molecule has 0 unspecified atom stereocenters. The first-order chi connectivity index (χ1) is 5.18. The molecule has 1 rings (SSSR count). The van der Waals surface area contributed by atoms with Gasteiger partial charge in [-0.15, -0.1) is 0 Å². The lowest BCUT2D eigenvalue weighted by molar-refractivity contribution is -0.114. The van der Waals surface area contributed by atoms with Crippen molar-refractivity contribution in [3.63, 3.8) is 0 Å². The Labute approximate surface area is 62.1 Å². The lowest BCUT2D eigenvalue weighted by Gasteiger charge is -1.95. The molecule has 1 N–H and O–H groups in total. The molecule has 0 bridgehead atoms. The number of hydrogen-bond donors (Lipinski definition) is 1. The maximum absolute atomic E-state index is 10.4. The van der Waals surface area contributed by atoms with Crippen LogP contribution in [0.5, 0.6) is 0 Å². The Morgan fingerprint density at radius 3 is 3.00 bits per heavy atom. The van der Waals surface area contributed by atoms with Gasteiger partial charge < -0.3 is 9.73 Å². The van der Waals surface area contributed by atoms with Gasteiger partial charge in [-0.2, -0.15) is 4.98 Å². The lowest BCUT2D eigenvalue weighted by atomic mass is 10.6. The average Bonchev–Trinajstić information content (AvgIpc) is 1.85. The zero-order chi connectivity index (χ0) is 8.27. The van der Waals surface area contributed by atoms with E-state index < -0.39 is 5.76 Å². The van der Waals surface area contributed by atoms with Crippen LogP contribution in [0, 0.1) is 0 Å². The highest BCUT2D eigenvalue weighted by Gasteiger charge is 1.96. The van der Waals surface area contributed by atoms with Gasteiger partial charge in [-0.25, -0.2) is 4.79 Å². The smallest absolute Gasteiger partial charge is 0.416 e. The first kappa shape index (κ1) is 7.46. The van der Waals surface area contributed by atoms with Crippen molar-refractivity contribution in [2.75, 3.05) is 5.32 Å². The first-order valence-corrected chi connectivity index (χ1v) is 2.92. The molecule has 0 fully saturated rings. The third kappa shape index (κ3) is 2.21. The molecule has 0 atom stereocenters. The third-order valence-electron chi connectivity index (χ3n) is 0.911. The minimum absolute atomic E-state index is 0.203. The normalized spacial score (nSPS) is 9.18. The lowest BCUT2D eigenvalue weighted by Crippen LogP contribution is -2.12. The summed E-state index contributed by atoms with van der Waals surface area (Å²) in [4.78, 5) is 24.2. The highest BCUT2D eigenvalue weighted by molar-refractivity contribution is 5.87. The van der Waals surface area contributed by atoms with E-state index in [-0.39, 0.29) is 11.7 Å². The van der Waals surface area contributed by atoms with Crippen molar-refractivity contribution >= 4 is 11.7 Å². The van der Waals surface area contributed by atoms with Crippen molar-refractivity contribution in [2.45, 2.75) is 6.92 Å². The van der Waals surface area contributed by atoms with E-state index in [1.54, 1.807) is 0 Å². The Hall–Kier alpha value is -1.65. The van der Waals surface area contributed by atoms with Gasteiger partial charge >= 0.3 is 5.76 Å². The number of nitrogens with zero attached hydrogens (tertiary/aromatic N) is 1. The van der Waals surface area contributed by atoms with Crippen LogP contribution < -0.4 is 11.1 Å². The van der Waals surface area contributed by atoms with E-state index >= 15 is 0 Å². The highest BCUT2D eigenvalue weighted by atomic mass is 16.4. The van der Waals surface area contributed by atoms with Crippen LogP contribution in [0.25, 0.3) is 0 Å². The fourth-order valence-corrected chi connectivity index (χ4v) is 0.569. The van der Waals surface area contributed by atoms with Crippen molar-refractivity contribution in [1.82, 2.24) is 4.98 Å². The molecule has 0 spiro atoms.